The Hall–Kier alpha value is -1.53. The smallest absolute Gasteiger partial charge is 0.268 e. The van der Waals surface area contributed by atoms with Gasteiger partial charge in [-0.15, -0.1) is 0 Å². The number of hydrogen-bond donors (Lipinski definition) is 2. The first kappa shape index (κ1) is 14.5. The van der Waals surface area contributed by atoms with Gasteiger partial charge in [-0.05, 0) is 13.0 Å². The van der Waals surface area contributed by atoms with Crippen molar-refractivity contribution in [1.29, 1.82) is 0 Å². The molecule has 0 saturated heterocycles. The van der Waals surface area contributed by atoms with Gasteiger partial charge in [-0.25, -0.2) is 0 Å². The highest BCUT2D eigenvalue weighted by Gasteiger charge is 2.14. The predicted molar refractivity (Wildman–Crippen MR) is 69.5 cm³/mol. The molecule has 1 aromatic heterocycles. The van der Waals surface area contributed by atoms with Crippen LogP contribution in [0.3, 0.4) is 0 Å². The van der Waals surface area contributed by atoms with E-state index < -0.39 is 0 Å². The fourth-order valence-corrected chi connectivity index (χ4v) is 1.68. The minimum absolute atomic E-state index is 0.152. The van der Waals surface area contributed by atoms with Crippen molar-refractivity contribution in [2.24, 2.45) is 0 Å². The van der Waals surface area contributed by atoms with Crippen molar-refractivity contribution in [3.05, 3.63) is 18.0 Å². The zero-order valence-electron chi connectivity index (χ0n) is 11.1. The second-order valence-corrected chi connectivity index (χ2v) is 3.97. The molecule has 0 radical (unpaired) electrons. The monoisotopic (exact) mass is 255 g/mol. The van der Waals surface area contributed by atoms with Crippen LogP contribution >= 0.6 is 0 Å². The number of aryl methyl sites for hydroxylation is 1. The van der Waals surface area contributed by atoms with E-state index in [0.717, 1.165) is 0 Å². The van der Waals surface area contributed by atoms with Gasteiger partial charge < -0.3 is 25.1 Å². The number of nitrogens with one attached hydrogen (secondary N) is 1. The number of nitrogens with two attached hydrogens (primary N) is 1. The average Bonchev–Trinajstić information content (AvgIpc) is 2.75. The third kappa shape index (κ3) is 3.75. The number of hydrogen-bond acceptors (Lipinski definition) is 4. The molecule has 0 aromatic carbocycles. The molecule has 0 bridgehead atoms. The molecule has 0 fully saturated rings. The second-order valence-electron chi connectivity index (χ2n) is 3.97. The van der Waals surface area contributed by atoms with Crippen LogP contribution in [0.2, 0.25) is 0 Å². The first-order valence-electron chi connectivity index (χ1n) is 5.87. The minimum Gasteiger partial charge on any atom is -0.397 e. The van der Waals surface area contributed by atoms with Crippen LogP contribution in [0.25, 0.3) is 0 Å². The molecule has 1 heterocycles. The summed E-state index contributed by atoms with van der Waals surface area (Å²) >= 11 is 0. The first-order valence-corrected chi connectivity index (χ1v) is 5.87. The lowest BCUT2D eigenvalue weighted by Crippen LogP contribution is -2.36. The minimum atomic E-state index is -0.160. The maximum atomic E-state index is 12.0. The van der Waals surface area contributed by atoms with Crippen LogP contribution in [0, 0.1) is 0 Å². The number of methoxy groups -OCH3 is 2. The Morgan fingerprint density at radius 1 is 1.56 bits per heavy atom. The lowest BCUT2D eigenvalue weighted by molar-refractivity contribution is 0.0284. The standard InChI is InChI=1S/C12H21N3O3/c1-4-15-7-9(13)5-11(15)12(16)14-6-10(18-3)8-17-2/h5,7,10H,4,6,8,13H2,1-3H3,(H,14,16). The number of carbonyl (C=O) groups excluding carboxylic acids is 1. The van der Waals surface area contributed by atoms with Crippen molar-refractivity contribution < 1.29 is 14.3 Å². The molecule has 0 aliphatic rings. The Morgan fingerprint density at radius 3 is 2.83 bits per heavy atom. The molecule has 18 heavy (non-hydrogen) atoms. The lowest BCUT2D eigenvalue weighted by Gasteiger charge is -2.15. The zero-order valence-corrected chi connectivity index (χ0v) is 11.1. The SMILES string of the molecule is CCn1cc(N)cc1C(=O)NCC(COC)OC. The average molecular weight is 255 g/mol. The number of amides is 1. The number of aromatic nitrogens is 1. The van der Waals surface area contributed by atoms with Crippen LogP contribution in [0.15, 0.2) is 12.3 Å². The molecule has 6 heteroatoms. The molecule has 0 spiro atoms. The maximum absolute atomic E-state index is 12.0. The van der Waals surface area contributed by atoms with Gasteiger partial charge in [0.05, 0.1) is 18.4 Å². The maximum Gasteiger partial charge on any atom is 0.268 e. The Labute approximate surface area is 107 Å². The Morgan fingerprint density at radius 2 is 2.28 bits per heavy atom. The molecular weight excluding hydrogens is 234 g/mol. The van der Waals surface area contributed by atoms with E-state index in [1.807, 2.05) is 11.5 Å². The molecule has 0 aliphatic heterocycles. The number of nitrogens with zero attached hydrogens (tertiary/aromatic N) is 1. The number of rotatable bonds is 7. The number of ether oxygens (including phenoxy) is 2. The van der Waals surface area contributed by atoms with Crippen LogP contribution in [0.5, 0.6) is 0 Å². The largest absolute Gasteiger partial charge is 0.397 e. The second kappa shape index (κ2) is 7.03. The molecular formula is C12H21N3O3. The van der Waals surface area contributed by atoms with Gasteiger partial charge in [-0.2, -0.15) is 0 Å². The number of carbonyl (C=O) groups is 1. The molecule has 102 valence electrons. The Kier molecular flexibility index (Phi) is 5.67. The summed E-state index contributed by atoms with van der Waals surface area (Å²) in [5, 5.41) is 2.80. The van der Waals surface area contributed by atoms with Crippen molar-refractivity contribution in [2.45, 2.75) is 19.6 Å². The molecule has 1 unspecified atom stereocenters. The van der Waals surface area contributed by atoms with E-state index in [-0.39, 0.29) is 12.0 Å². The highest BCUT2D eigenvalue weighted by atomic mass is 16.5. The molecule has 3 N–H and O–H groups in total. The Bertz CT molecular complexity index is 390. The highest BCUT2D eigenvalue weighted by molar-refractivity contribution is 5.93. The zero-order chi connectivity index (χ0) is 13.5. The normalized spacial score (nSPS) is 12.4. The van der Waals surface area contributed by atoms with E-state index >= 15 is 0 Å². The molecule has 1 amide bonds. The fourth-order valence-electron chi connectivity index (χ4n) is 1.68. The summed E-state index contributed by atoms with van der Waals surface area (Å²) in [7, 11) is 3.18. The van der Waals surface area contributed by atoms with E-state index in [2.05, 4.69) is 5.32 Å². The van der Waals surface area contributed by atoms with Crippen molar-refractivity contribution in [3.8, 4) is 0 Å². The van der Waals surface area contributed by atoms with Gasteiger partial charge in [0, 0.05) is 33.5 Å². The molecule has 1 rings (SSSR count). The van der Waals surface area contributed by atoms with Crippen LogP contribution in [-0.2, 0) is 16.0 Å². The van der Waals surface area contributed by atoms with Gasteiger partial charge in [0.1, 0.15) is 5.69 Å². The van der Waals surface area contributed by atoms with Crippen molar-refractivity contribution in [3.63, 3.8) is 0 Å². The summed E-state index contributed by atoms with van der Waals surface area (Å²) < 4.78 is 12.0. The van der Waals surface area contributed by atoms with Gasteiger partial charge in [0.2, 0.25) is 0 Å². The van der Waals surface area contributed by atoms with Gasteiger partial charge in [0.25, 0.3) is 5.91 Å². The topological polar surface area (TPSA) is 78.5 Å². The summed E-state index contributed by atoms with van der Waals surface area (Å²) in [6.45, 7) is 3.50. The number of anilines is 1. The van der Waals surface area contributed by atoms with Crippen molar-refractivity contribution in [1.82, 2.24) is 9.88 Å². The summed E-state index contributed by atoms with van der Waals surface area (Å²) in [4.78, 5) is 12.0. The molecule has 0 aliphatic carbocycles. The summed E-state index contributed by atoms with van der Waals surface area (Å²) in [6.07, 6.45) is 1.60. The predicted octanol–water partition coefficient (Wildman–Crippen LogP) is 0.481. The lowest BCUT2D eigenvalue weighted by atomic mass is 10.3. The molecule has 6 nitrogen and oxygen atoms in total. The third-order valence-corrected chi connectivity index (χ3v) is 2.67. The van der Waals surface area contributed by atoms with E-state index in [9.17, 15) is 4.79 Å². The van der Waals surface area contributed by atoms with Gasteiger partial charge >= 0.3 is 0 Å². The summed E-state index contributed by atoms with van der Waals surface area (Å²) in [5.41, 5.74) is 6.82. The quantitative estimate of drug-likeness (QED) is 0.743. The third-order valence-electron chi connectivity index (χ3n) is 2.67. The van der Waals surface area contributed by atoms with E-state index in [0.29, 0.717) is 31.1 Å². The molecule has 0 saturated carbocycles. The Balaban J connectivity index is 2.59. The van der Waals surface area contributed by atoms with Crippen LogP contribution in [0.1, 0.15) is 17.4 Å². The van der Waals surface area contributed by atoms with Gasteiger partial charge in [-0.3, -0.25) is 4.79 Å². The fraction of sp³-hybridized carbons (Fsp3) is 0.583. The van der Waals surface area contributed by atoms with E-state index in [4.69, 9.17) is 15.2 Å². The number of nitrogen functional groups attached to an aromatic ring is 1. The highest BCUT2D eigenvalue weighted by Crippen LogP contribution is 2.10. The van der Waals surface area contributed by atoms with Crippen LogP contribution in [-0.4, -0.2) is 43.9 Å². The van der Waals surface area contributed by atoms with Gasteiger partial charge in [0.15, 0.2) is 0 Å². The van der Waals surface area contributed by atoms with Crippen molar-refractivity contribution >= 4 is 11.6 Å². The van der Waals surface area contributed by atoms with Gasteiger partial charge in [-0.1, -0.05) is 0 Å². The summed E-state index contributed by atoms with van der Waals surface area (Å²) in [5.74, 6) is -0.160. The molecule has 1 aromatic rings. The van der Waals surface area contributed by atoms with Crippen LogP contribution < -0.4 is 11.1 Å². The van der Waals surface area contributed by atoms with E-state index in [1.165, 1.54) is 0 Å². The molecule has 1 atom stereocenters. The van der Waals surface area contributed by atoms with Crippen LogP contribution in [0.4, 0.5) is 5.69 Å². The summed E-state index contributed by atoms with van der Waals surface area (Å²) in [6, 6.07) is 1.66. The first-order chi connectivity index (χ1) is 8.62. The van der Waals surface area contributed by atoms with Crippen molar-refractivity contribution in [2.75, 3.05) is 33.1 Å². The van der Waals surface area contributed by atoms with E-state index in [1.54, 1.807) is 26.5 Å².